The number of aryl methyl sites for hydroxylation is 1. The highest BCUT2D eigenvalue weighted by molar-refractivity contribution is 7.85. The molecule has 2 aliphatic rings. The number of aliphatic carboxylic acids is 1. The fourth-order valence-electron chi connectivity index (χ4n) is 5.55. The quantitative estimate of drug-likeness (QED) is 0.227. The van der Waals surface area contributed by atoms with Gasteiger partial charge in [-0.15, -0.1) is 0 Å². The van der Waals surface area contributed by atoms with Crippen LogP contribution in [-0.2, 0) is 32.3 Å². The van der Waals surface area contributed by atoms with Crippen molar-refractivity contribution in [3.05, 3.63) is 71.7 Å². The molecule has 2 aliphatic heterocycles. The monoisotopic (exact) mass is 566 g/mol. The summed E-state index contributed by atoms with van der Waals surface area (Å²) in [6, 6.07) is 8.07. The Morgan fingerprint density at radius 1 is 1.07 bits per heavy atom. The highest BCUT2D eigenvalue weighted by Gasteiger charge is 2.43. The normalized spacial score (nSPS) is 18.3. The molecule has 0 radical (unpaired) electrons. The van der Waals surface area contributed by atoms with E-state index in [-0.39, 0.29) is 23.7 Å². The van der Waals surface area contributed by atoms with Crippen molar-refractivity contribution < 1.29 is 27.4 Å². The van der Waals surface area contributed by atoms with Gasteiger partial charge in [-0.1, -0.05) is 26.0 Å². The molecule has 40 heavy (non-hydrogen) atoms. The number of carboxylic acid groups (broad SMARTS) is 1. The molecule has 0 fully saturated rings. The van der Waals surface area contributed by atoms with Gasteiger partial charge in [0.2, 0.25) is 0 Å². The third-order valence-corrected chi connectivity index (χ3v) is 8.59. The molecule has 0 saturated carbocycles. The predicted octanol–water partition coefficient (Wildman–Crippen LogP) is 4.55. The first-order valence-corrected chi connectivity index (χ1v) is 15.3. The van der Waals surface area contributed by atoms with Crippen molar-refractivity contribution in [3.63, 3.8) is 0 Å². The average molecular weight is 567 g/mol. The molecule has 0 unspecified atom stereocenters. The molecule has 2 aromatic heterocycles. The number of rotatable bonds is 12. The number of aliphatic imine (C=N–C) groups is 1. The lowest BCUT2D eigenvalue weighted by Gasteiger charge is -2.26. The van der Waals surface area contributed by atoms with Gasteiger partial charge in [0.05, 0.1) is 33.8 Å². The molecule has 2 aromatic rings. The van der Waals surface area contributed by atoms with Crippen LogP contribution >= 0.6 is 0 Å². The number of carbonyl (C=O) groups is 1. The second kappa shape index (κ2) is 11.6. The van der Waals surface area contributed by atoms with Crippen molar-refractivity contribution in [2.45, 2.75) is 77.2 Å². The first kappa shape index (κ1) is 29.6. The Hall–Kier alpha value is -3.37. The van der Waals surface area contributed by atoms with E-state index < -0.39 is 21.8 Å². The summed E-state index contributed by atoms with van der Waals surface area (Å²) >= 11 is 0. The molecule has 4 rings (SSSR count). The number of allylic oxidation sites excluding steroid dienone is 4. The number of hydrogen-bond donors (Lipinski definition) is 1. The first-order chi connectivity index (χ1) is 18.8. The molecule has 10 heteroatoms. The highest BCUT2D eigenvalue weighted by Crippen LogP contribution is 2.46. The van der Waals surface area contributed by atoms with E-state index in [0.717, 1.165) is 53.6 Å². The maximum Gasteiger partial charge on any atom is 0.327 e. The summed E-state index contributed by atoms with van der Waals surface area (Å²) in [5.41, 5.74) is 3.45. The van der Waals surface area contributed by atoms with Gasteiger partial charge in [-0.25, -0.2) is 18.0 Å². The van der Waals surface area contributed by atoms with Gasteiger partial charge in [0.25, 0.3) is 0 Å². The Balaban J connectivity index is 1.57. The third-order valence-electron chi connectivity index (χ3n) is 7.80. The molecule has 0 atom stereocenters. The van der Waals surface area contributed by atoms with Crippen LogP contribution in [0.15, 0.2) is 65.6 Å². The van der Waals surface area contributed by atoms with Crippen molar-refractivity contribution in [2.75, 3.05) is 17.2 Å². The van der Waals surface area contributed by atoms with Gasteiger partial charge >= 0.3 is 11.8 Å². The van der Waals surface area contributed by atoms with Crippen molar-refractivity contribution >= 4 is 33.4 Å². The van der Waals surface area contributed by atoms with Gasteiger partial charge < -0.3 is 14.6 Å². The van der Waals surface area contributed by atoms with Gasteiger partial charge in [0, 0.05) is 41.6 Å². The van der Waals surface area contributed by atoms with E-state index in [1.165, 1.54) is 0 Å². The number of fused-ring (bicyclic) bond motifs is 2. The third kappa shape index (κ3) is 6.33. The summed E-state index contributed by atoms with van der Waals surface area (Å²) in [7, 11) is -4.29. The standard InChI is InChI=1S/C30H38N4O5S/c1-29(2)23-13-10-19-33(18-7-5-6-16-26(35)36)28(23)32-24(29)14-8-15-25-30(3,4)22-12-9-17-31-27(22)34(25)20-11-21-40(37,38)39/h8-10,12-15,17,19H,5-7,11,16,18,20-21H2,1-4H3,(H-,35,36,37,38,39). The minimum Gasteiger partial charge on any atom is -0.748 e. The van der Waals surface area contributed by atoms with Crippen molar-refractivity contribution in [1.29, 1.82) is 0 Å². The van der Waals surface area contributed by atoms with Crippen molar-refractivity contribution in [2.24, 2.45) is 4.99 Å². The Bertz CT molecular complexity index is 1470. The van der Waals surface area contributed by atoms with Crippen molar-refractivity contribution in [3.8, 4) is 0 Å². The number of aromatic nitrogens is 2. The predicted molar refractivity (Wildman–Crippen MR) is 154 cm³/mol. The Kier molecular flexibility index (Phi) is 8.60. The molecule has 0 spiro atoms. The van der Waals surface area contributed by atoms with Crippen LogP contribution in [0.4, 0.5) is 11.6 Å². The molecular formula is C30H38N4O5S. The zero-order chi connectivity index (χ0) is 29.1. The van der Waals surface area contributed by atoms with Crippen LogP contribution in [0.5, 0.6) is 0 Å². The van der Waals surface area contributed by atoms with Crippen LogP contribution < -0.4 is 9.47 Å². The Morgan fingerprint density at radius 3 is 2.55 bits per heavy atom. The SMILES string of the molecule is CC1(C)C(/C=C/C=C2/N(CCCS(=O)(=O)[O-])c3ncccc3C2(C)C)=Nc2c1ccc[n+]2CCCCCC(=O)O. The largest absolute Gasteiger partial charge is 0.748 e. The zero-order valence-corrected chi connectivity index (χ0v) is 24.4. The summed E-state index contributed by atoms with van der Waals surface area (Å²) in [4.78, 5) is 22.4. The number of nitrogens with zero attached hydrogens (tertiary/aromatic N) is 4. The van der Waals surface area contributed by atoms with Crippen LogP contribution in [0.3, 0.4) is 0 Å². The first-order valence-electron chi connectivity index (χ1n) is 13.7. The van der Waals surface area contributed by atoms with Gasteiger partial charge in [0.15, 0.2) is 5.71 Å². The van der Waals surface area contributed by atoms with Crippen LogP contribution in [0.2, 0.25) is 0 Å². The molecule has 0 bridgehead atoms. The number of anilines is 1. The van der Waals surface area contributed by atoms with Crippen LogP contribution in [-0.4, -0.2) is 47.0 Å². The van der Waals surface area contributed by atoms with Crippen LogP contribution in [0, 0.1) is 0 Å². The van der Waals surface area contributed by atoms with Gasteiger partial charge in [-0.05, 0) is 74.9 Å². The smallest absolute Gasteiger partial charge is 0.327 e. The Morgan fingerprint density at radius 2 is 1.82 bits per heavy atom. The summed E-state index contributed by atoms with van der Waals surface area (Å²) in [6.45, 7) is 9.69. The summed E-state index contributed by atoms with van der Waals surface area (Å²) in [6.07, 6.45) is 12.6. The lowest BCUT2D eigenvalue weighted by molar-refractivity contribution is -0.684. The van der Waals surface area contributed by atoms with Crippen molar-refractivity contribution in [1.82, 2.24) is 4.98 Å². The average Bonchev–Trinajstić information content (AvgIpc) is 3.25. The van der Waals surface area contributed by atoms with E-state index >= 15 is 0 Å². The molecule has 9 nitrogen and oxygen atoms in total. The second-order valence-electron chi connectivity index (χ2n) is 11.4. The summed E-state index contributed by atoms with van der Waals surface area (Å²) < 4.78 is 35.8. The van der Waals surface area contributed by atoms with Gasteiger partial charge in [0.1, 0.15) is 5.82 Å². The lowest BCUT2D eigenvalue weighted by atomic mass is 9.82. The lowest BCUT2D eigenvalue weighted by Crippen LogP contribution is -2.34. The molecule has 4 heterocycles. The maximum atomic E-state index is 11.2. The zero-order valence-electron chi connectivity index (χ0n) is 23.6. The van der Waals surface area contributed by atoms with E-state index in [0.29, 0.717) is 13.0 Å². The topological polar surface area (TPSA) is 127 Å². The molecule has 0 amide bonds. The number of unbranched alkanes of at least 4 members (excludes halogenated alkanes) is 2. The number of carboxylic acids is 1. The molecular weight excluding hydrogens is 528 g/mol. The molecule has 0 saturated heterocycles. The van der Waals surface area contributed by atoms with E-state index in [2.05, 4.69) is 43.3 Å². The number of pyridine rings is 2. The number of hydrogen-bond acceptors (Lipinski definition) is 7. The molecule has 214 valence electrons. The van der Waals surface area contributed by atoms with Crippen LogP contribution in [0.1, 0.15) is 70.9 Å². The molecule has 0 aliphatic carbocycles. The maximum absolute atomic E-state index is 11.2. The fraction of sp³-hybridized carbons (Fsp3) is 0.467. The van der Waals surface area contributed by atoms with Gasteiger partial charge in [-0.2, -0.15) is 0 Å². The van der Waals surface area contributed by atoms with E-state index in [1.807, 2.05) is 47.5 Å². The highest BCUT2D eigenvalue weighted by atomic mass is 32.2. The minimum atomic E-state index is -4.29. The Labute approximate surface area is 236 Å². The van der Waals surface area contributed by atoms with Gasteiger partial charge in [-0.3, -0.25) is 4.79 Å². The molecule has 0 aromatic carbocycles. The van der Waals surface area contributed by atoms with Crippen LogP contribution in [0.25, 0.3) is 0 Å². The van der Waals surface area contributed by atoms with E-state index in [4.69, 9.17) is 10.1 Å². The summed E-state index contributed by atoms with van der Waals surface area (Å²) in [5.74, 6) is 0.533. The summed E-state index contributed by atoms with van der Waals surface area (Å²) in [5, 5.41) is 8.87. The van der Waals surface area contributed by atoms with E-state index in [1.54, 1.807) is 6.20 Å². The molecule has 1 N–H and O–H groups in total. The minimum absolute atomic E-state index is 0.195. The fourth-order valence-corrected chi connectivity index (χ4v) is 6.03. The second-order valence-corrected chi connectivity index (χ2v) is 13.0. The van der Waals surface area contributed by atoms with E-state index in [9.17, 15) is 17.8 Å².